The zero-order valence-corrected chi connectivity index (χ0v) is 24.5. The number of hydrogen-bond donors (Lipinski definition) is 1. The Labute approximate surface area is 243 Å². The van der Waals surface area contributed by atoms with Crippen LogP contribution in [0.1, 0.15) is 72.6 Å². The summed E-state index contributed by atoms with van der Waals surface area (Å²) in [5.41, 5.74) is 1.19. The van der Waals surface area contributed by atoms with E-state index in [-0.39, 0.29) is 27.9 Å². The number of aromatic nitrogens is 1. The number of esters is 1. The molecule has 0 saturated carbocycles. The second-order valence-electron chi connectivity index (χ2n) is 9.39. The summed E-state index contributed by atoms with van der Waals surface area (Å²) in [5, 5.41) is 11.6. The fourth-order valence-corrected chi connectivity index (χ4v) is 5.55. The average Bonchev–Trinajstić information content (AvgIpc) is 3.48. The first-order valence-corrected chi connectivity index (χ1v) is 14.5. The summed E-state index contributed by atoms with van der Waals surface area (Å²) in [6.07, 6.45) is 2.99. The van der Waals surface area contributed by atoms with E-state index in [1.54, 1.807) is 62.4 Å². The number of aryl methyl sites for hydroxylation is 1. The molecule has 0 radical (unpaired) electrons. The number of amides is 1. The van der Waals surface area contributed by atoms with Crippen molar-refractivity contribution in [1.29, 1.82) is 0 Å². The number of thiazole rings is 1. The van der Waals surface area contributed by atoms with Gasteiger partial charge in [0.15, 0.2) is 5.13 Å². The molecule has 2 heterocycles. The van der Waals surface area contributed by atoms with Crippen molar-refractivity contribution in [2.75, 3.05) is 24.7 Å². The van der Waals surface area contributed by atoms with Crippen LogP contribution in [-0.4, -0.2) is 47.6 Å². The molecule has 3 aromatic rings. The highest BCUT2D eigenvalue weighted by Gasteiger charge is 2.48. The van der Waals surface area contributed by atoms with Gasteiger partial charge in [0.05, 0.1) is 37.1 Å². The summed E-state index contributed by atoms with van der Waals surface area (Å²) < 4.78 is 16.6. The van der Waals surface area contributed by atoms with E-state index >= 15 is 0 Å². The number of rotatable bonds is 12. The monoisotopic (exact) mass is 578 g/mol. The normalized spacial score (nSPS) is 16.2. The molecule has 1 amide bonds. The number of ketones is 1. The van der Waals surface area contributed by atoms with Crippen LogP contribution in [0.25, 0.3) is 5.76 Å². The van der Waals surface area contributed by atoms with Crippen LogP contribution < -0.4 is 14.4 Å². The Bertz CT molecular complexity index is 1440. The second kappa shape index (κ2) is 13.5. The van der Waals surface area contributed by atoms with E-state index in [9.17, 15) is 19.5 Å². The number of unbranched alkanes of at least 4 members (excludes halogenated alkanes) is 2. The number of ether oxygens (including phenoxy) is 3. The van der Waals surface area contributed by atoms with Gasteiger partial charge in [0.25, 0.3) is 5.78 Å². The van der Waals surface area contributed by atoms with Crippen LogP contribution in [-0.2, 0) is 14.3 Å². The molecule has 0 bridgehead atoms. The number of benzene rings is 2. The standard InChI is InChI=1S/C31H34N2O7S/c1-5-8-9-17-40-23-12-10-11-21(18-23)25-24(26(34)20-13-15-22(16-14-20)38-6-2)27(35)29(36)33(25)31-32-19(4)28(41-31)30(37)39-7-3/h10-16,18,25,34H,5-9,17H2,1-4H3/b26-24+. The Morgan fingerprint density at radius 2 is 1.76 bits per heavy atom. The van der Waals surface area contributed by atoms with E-state index in [1.807, 2.05) is 6.92 Å². The molecule has 9 nitrogen and oxygen atoms in total. The van der Waals surface area contributed by atoms with Crippen LogP contribution in [0.15, 0.2) is 54.1 Å². The fraction of sp³-hybridized carbons (Fsp3) is 0.355. The summed E-state index contributed by atoms with van der Waals surface area (Å²) in [6, 6.07) is 12.7. The van der Waals surface area contributed by atoms with Gasteiger partial charge in [-0.05, 0) is 69.2 Å². The van der Waals surface area contributed by atoms with E-state index in [0.717, 1.165) is 30.6 Å². The summed E-state index contributed by atoms with van der Waals surface area (Å²) in [7, 11) is 0. The quantitative estimate of drug-likeness (QED) is 0.0885. The van der Waals surface area contributed by atoms with Crippen molar-refractivity contribution >= 4 is 39.9 Å². The molecular formula is C31H34N2O7S. The first-order chi connectivity index (χ1) is 19.8. The molecule has 1 unspecified atom stereocenters. The number of hydrogen-bond acceptors (Lipinski definition) is 9. The maximum absolute atomic E-state index is 13.6. The van der Waals surface area contributed by atoms with Crippen molar-refractivity contribution in [2.24, 2.45) is 0 Å². The minimum absolute atomic E-state index is 0.0900. The van der Waals surface area contributed by atoms with E-state index in [4.69, 9.17) is 14.2 Å². The molecule has 216 valence electrons. The van der Waals surface area contributed by atoms with E-state index in [1.165, 1.54) is 4.90 Å². The Hall–Kier alpha value is -4.18. The number of carbonyl (C=O) groups is 3. The molecule has 1 fully saturated rings. The van der Waals surface area contributed by atoms with Gasteiger partial charge >= 0.3 is 11.9 Å². The first kappa shape index (κ1) is 29.8. The van der Waals surface area contributed by atoms with Crippen LogP contribution in [0.5, 0.6) is 11.5 Å². The van der Waals surface area contributed by atoms with Gasteiger partial charge in [-0.25, -0.2) is 9.78 Å². The molecule has 1 aliphatic heterocycles. The Kier molecular flexibility index (Phi) is 9.78. The van der Waals surface area contributed by atoms with E-state index < -0.39 is 23.7 Å². The van der Waals surface area contributed by atoms with Gasteiger partial charge in [-0.1, -0.05) is 43.2 Å². The van der Waals surface area contributed by atoms with Crippen LogP contribution >= 0.6 is 11.3 Å². The zero-order chi connectivity index (χ0) is 29.5. The lowest BCUT2D eigenvalue weighted by molar-refractivity contribution is -0.132. The SMILES string of the molecule is CCCCCOc1cccc(C2/C(=C(\O)c3ccc(OCC)cc3)C(=O)C(=O)N2c2nc(C)c(C(=O)OCC)s2)c1. The number of anilines is 1. The van der Waals surface area contributed by atoms with Crippen LogP contribution in [0.3, 0.4) is 0 Å². The van der Waals surface area contributed by atoms with Crippen molar-refractivity contribution in [3.8, 4) is 11.5 Å². The maximum Gasteiger partial charge on any atom is 0.350 e. The van der Waals surface area contributed by atoms with Gasteiger partial charge in [0, 0.05) is 5.56 Å². The third kappa shape index (κ3) is 6.43. The average molecular weight is 579 g/mol. The summed E-state index contributed by atoms with van der Waals surface area (Å²) in [5.74, 6) is -1.42. The summed E-state index contributed by atoms with van der Waals surface area (Å²) in [4.78, 5) is 45.5. The van der Waals surface area contributed by atoms with Gasteiger partial charge in [-0.15, -0.1) is 0 Å². The highest BCUT2D eigenvalue weighted by atomic mass is 32.1. The van der Waals surface area contributed by atoms with E-state index in [0.29, 0.717) is 41.5 Å². The topological polar surface area (TPSA) is 115 Å². The molecule has 1 atom stereocenters. The highest BCUT2D eigenvalue weighted by molar-refractivity contribution is 7.17. The Morgan fingerprint density at radius 1 is 1.00 bits per heavy atom. The number of aliphatic hydroxyl groups is 1. The molecule has 1 aromatic heterocycles. The predicted molar refractivity (Wildman–Crippen MR) is 157 cm³/mol. The minimum Gasteiger partial charge on any atom is -0.507 e. The lowest BCUT2D eigenvalue weighted by Crippen LogP contribution is -2.29. The van der Waals surface area contributed by atoms with E-state index in [2.05, 4.69) is 11.9 Å². The van der Waals surface area contributed by atoms with Gasteiger partial charge < -0.3 is 19.3 Å². The van der Waals surface area contributed by atoms with Gasteiger partial charge in [-0.2, -0.15) is 0 Å². The highest BCUT2D eigenvalue weighted by Crippen LogP contribution is 2.44. The minimum atomic E-state index is -1.01. The van der Waals surface area contributed by atoms with Crippen LogP contribution in [0.4, 0.5) is 5.13 Å². The molecule has 41 heavy (non-hydrogen) atoms. The van der Waals surface area contributed by atoms with Crippen molar-refractivity contribution in [3.63, 3.8) is 0 Å². The first-order valence-electron chi connectivity index (χ1n) is 13.7. The third-order valence-corrected chi connectivity index (χ3v) is 7.66. The molecule has 2 aromatic carbocycles. The predicted octanol–water partition coefficient (Wildman–Crippen LogP) is 6.22. The summed E-state index contributed by atoms with van der Waals surface area (Å²) in [6.45, 7) is 8.51. The number of aliphatic hydroxyl groups excluding tert-OH is 1. The molecule has 10 heteroatoms. The largest absolute Gasteiger partial charge is 0.507 e. The van der Waals surface area contributed by atoms with Crippen molar-refractivity contribution < 1.29 is 33.7 Å². The molecule has 4 rings (SSSR count). The van der Waals surface area contributed by atoms with Gasteiger partial charge in [-0.3, -0.25) is 14.5 Å². The fourth-order valence-electron chi connectivity index (χ4n) is 4.56. The molecule has 1 N–H and O–H groups in total. The van der Waals surface area contributed by atoms with Crippen LogP contribution in [0, 0.1) is 6.92 Å². The molecule has 1 aliphatic rings. The lowest BCUT2D eigenvalue weighted by atomic mass is 9.95. The smallest absolute Gasteiger partial charge is 0.350 e. The molecule has 0 spiro atoms. The number of nitrogens with zero attached hydrogens (tertiary/aromatic N) is 2. The Balaban J connectivity index is 1.83. The molecular weight excluding hydrogens is 544 g/mol. The molecule has 0 aliphatic carbocycles. The van der Waals surface area contributed by atoms with Crippen molar-refractivity contribution in [3.05, 3.63) is 75.8 Å². The maximum atomic E-state index is 13.6. The van der Waals surface area contributed by atoms with Crippen molar-refractivity contribution in [2.45, 2.75) is 53.0 Å². The third-order valence-electron chi connectivity index (χ3n) is 6.53. The molecule has 1 saturated heterocycles. The van der Waals surface area contributed by atoms with Crippen molar-refractivity contribution in [1.82, 2.24) is 4.98 Å². The number of carbonyl (C=O) groups excluding carboxylic acids is 3. The van der Waals surface area contributed by atoms with Crippen LogP contribution in [0.2, 0.25) is 0 Å². The second-order valence-corrected chi connectivity index (χ2v) is 10.4. The number of Topliss-reactive ketones (excluding diaryl/α,β-unsaturated/α-hetero) is 1. The Morgan fingerprint density at radius 3 is 2.44 bits per heavy atom. The lowest BCUT2D eigenvalue weighted by Gasteiger charge is -2.23. The summed E-state index contributed by atoms with van der Waals surface area (Å²) >= 11 is 0.965. The van der Waals surface area contributed by atoms with Gasteiger partial charge in [0.2, 0.25) is 0 Å². The van der Waals surface area contributed by atoms with Gasteiger partial charge in [0.1, 0.15) is 22.1 Å². The zero-order valence-electron chi connectivity index (χ0n) is 23.6.